The molecule has 1 aromatic carbocycles. The van der Waals surface area contributed by atoms with Crippen molar-refractivity contribution in [2.75, 3.05) is 11.5 Å². The zero-order valence-electron chi connectivity index (χ0n) is 13.1. The van der Waals surface area contributed by atoms with Crippen LogP contribution in [0.5, 0.6) is 5.75 Å². The summed E-state index contributed by atoms with van der Waals surface area (Å²) in [5, 5.41) is 9.29. The van der Waals surface area contributed by atoms with Gasteiger partial charge in [-0.05, 0) is 37.1 Å². The first kappa shape index (κ1) is 22.4. The summed E-state index contributed by atoms with van der Waals surface area (Å²) in [6.07, 6.45) is 5.17. The molecule has 1 rings (SSSR count). The van der Waals surface area contributed by atoms with Crippen LogP contribution in [0.25, 0.3) is 0 Å². The van der Waals surface area contributed by atoms with Gasteiger partial charge in [-0.2, -0.15) is 0 Å². The van der Waals surface area contributed by atoms with Gasteiger partial charge in [0.05, 0.1) is 0 Å². The van der Waals surface area contributed by atoms with Gasteiger partial charge in [-0.3, -0.25) is 0 Å². The van der Waals surface area contributed by atoms with Crippen molar-refractivity contribution < 1.29 is 30.3 Å². The number of unbranched alkanes of at least 4 members (excludes halogenated alkanes) is 2. The molecule has 1 nitrogen and oxygen atoms in total. The molecule has 0 heterocycles. The molecule has 0 aliphatic heterocycles. The van der Waals surface area contributed by atoms with Crippen molar-refractivity contribution in [3.05, 3.63) is 24.3 Å². The minimum absolute atomic E-state index is 0.373. The van der Waals surface area contributed by atoms with E-state index in [9.17, 15) is 30.3 Å². The fourth-order valence-electron chi connectivity index (χ4n) is 1.61. The van der Waals surface area contributed by atoms with E-state index in [4.69, 9.17) is 0 Å². The summed E-state index contributed by atoms with van der Waals surface area (Å²) in [5.74, 6) is 2.99. The number of phenolic OH excluding ortho intramolecular Hbond substituents is 1. The number of hydrogen-bond donors (Lipinski definition) is 1. The maximum absolute atomic E-state index is 10.7. The second-order valence-corrected chi connectivity index (χ2v) is 9.25. The fourth-order valence-corrected chi connectivity index (χ4v) is 4.08. The van der Waals surface area contributed by atoms with Crippen molar-refractivity contribution in [2.45, 2.75) is 44.4 Å². The molecule has 1 N–H and O–H groups in total. The van der Waals surface area contributed by atoms with E-state index in [2.05, 4.69) is 26.0 Å². The van der Waals surface area contributed by atoms with Crippen LogP contribution in [-0.4, -0.2) is 16.6 Å². The third-order valence-electron chi connectivity index (χ3n) is 2.66. The molecule has 0 aliphatic carbocycles. The number of hydrogen-bond acceptors (Lipinski definition) is 1. The fraction of sp³-hybridized carbons (Fsp3) is 0.571. The van der Waals surface area contributed by atoms with Crippen LogP contribution in [0.4, 0.5) is 25.2 Å². The molecule has 0 unspecified atom stereocenters. The van der Waals surface area contributed by atoms with E-state index in [1.54, 1.807) is 0 Å². The molecule has 23 heavy (non-hydrogen) atoms. The monoisotopic (exact) mass is 384 g/mol. The summed E-state index contributed by atoms with van der Waals surface area (Å²) in [6, 6.07) is 7.80. The first-order valence-corrected chi connectivity index (χ1v) is 10.8. The van der Waals surface area contributed by atoms with Gasteiger partial charge in [-0.25, -0.2) is 0 Å². The molecular formula is C14H23F6OPS. The van der Waals surface area contributed by atoms with Crippen LogP contribution in [0.1, 0.15) is 39.5 Å². The molecule has 0 bridgehead atoms. The predicted octanol–water partition coefficient (Wildman–Crippen LogP) is 7.35. The van der Waals surface area contributed by atoms with E-state index in [1.807, 2.05) is 12.1 Å². The Morgan fingerprint density at radius 2 is 1.17 bits per heavy atom. The van der Waals surface area contributed by atoms with Crippen LogP contribution < -0.4 is 0 Å². The van der Waals surface area contributed by atoms with Gasteiger partial charge < -0.3 is 5.11 Å². The molecule has 0 saturated heterocycles. The molecule has 0 amide bonds. The average molecular weight is 384 g/mol. The summed E-state index contributed by atoms with van der Waals surface area (Å²) >= 11 is 0. The van der Waals surface area contributed by atoms with Gasteiger partial charge in [0.2, 0.25) is 0 Å². The standard InChI is InChI=1S/C14H22OS.F6P/c1-3-5-11-16(12-6-4-2)14-9-7-13(15)8-10-14;1-7(2,3,4,5)6/h7-10H,3-6,11-12H2,1-2H3;/q;-1/p+1. The van der Waals surface area contributed by atoms with Crippen LogP contribution in [0, 0.1) is 0 Å². The number of phenols is 1. The Hall–Kier alpha value is -0.620. The van der Waals surface area contributed by atoms with Crippen molar-refractivity contribution in [3.8, 4) is 5.75 Å². The third-order valence-corrected chi connectivity index (χ3v) is 5.16. The number of aromatic hydroxyl groups is 1. The number of benzene rings is 1. The summed E-state index contributed by atoms with van der Waals surface area (Å²) < 4.78 is 59.2. The Kier molecular flexibility index (Phi) is 7.75. The summed E-state index contributed by atoms with van der Waals surface area (Å²) in [7, 11) is -10.3. The average Bonchev–Trinajstić information content (AvgIpc) is 2.37. The summed E-state index contributed by atoms with van der Waals surface area (Å²) in [5.41, 5.74) is 0. The topological polar surface area (TPSA) is 20.2 Å². The van der Waals surface area contributed by atoms with Gasteiger partial charge in [-0.1, -0.05) is 26.7 Å². The molecule has 0 atom stereocenters. The van der Waals surface area contributed by atoms with E-state index in [0.717, 1.165) is 0 Å². The molecule has 0 radical (unpaired) electrons. The van der Waals surface area contributed by atoms with Crippen molar-refractivity contribution in [3.63, 3.8) is 0 Å². The Labute approximate surface area is 135 Å². The van der Waals surface area contributed by atoms with Crippen LogP contribution >= 0.6 is 7.81 Å². The number of rotatable bonds is 7. The Morgan fingerprint density at radius 3 is 1.48 bits per heavy atom. The molecule has 138 valence electrons. The second-order valence-electron chi connectivity index (χ2n) is 5.06. The molecule has 9 heteroatoms. The van der Waals surface area contributed by atoms with Crippen LogP contribution in [0.2, 0.25) is 0 Å². The van der Waals surface area contributed by atoms with Crippen LogP contribution in [0.15, 0.2) is 29.2 Å². The van der Waals surface area contributed by atoms with E-state index in [0.29, 0.717) is 16.6 Å². The molecular weight excluding hydrogens is 361 g/mol. The van der Waals surface area contributed by atoms with Gasteiger partial charge in [0, 0.05) is 10.9 Å². The zero-order valence-corrected chi connectivity index (χ0v) is 14.8. The molecule has 0 spiro atoms. The van der Waals surface area contributed by atoms with Gasteiger partial charge in [0.25, 0.3) is 0 Å². The minimum atomic E-state index is -10.7. The first-order valence-electron chi connectivity index (χ1n) is 7.25. The Morgan fingerprint density at radius 1 is 0.826 bits per heavy atom. The van der Waals surface area contributed by atoms with Crippen molar-refractivity contribution in [1.29, 1.82) is 0 Å². The molecule has 0 aliphatic rings. The van der Waals surface area contributed by atoms with Gasteiger partial charge in [-0.15, -0.1) is 0 Å². The Bertz CT molecular complexity index is 440. The van der Waals surface area contributed by atoms with Crippen molar-refractivity contribution >= 4 is 18.7 Å². The quantitative estimate of drug-likeness (QED) is 0.296. The molecule has 0 fully saturated rings. The van der Waals surface area contributed by atoms with Gasteiger partial charge in [0.15, 0.2) is 4.90 Å². The maximum atomic E-state index is 9.87. The number of halogens is 6. The normalized spacial score (nSPS) is 14.7. The molecule has 0 saturated carbocycles. The predicted molar refractivity (Wildman–Crippen MR) is 86.9 cm³/mol. The van der Waals surface area contributed by atoms with E-state index in [1.165, 1.54) is 42.1 Å². The SMILES string of the molecule is CCCC[S+](CCCC)c1ccc(O)cc1.F[P-](F)(F)(F)(F)F. The van der Waals surface area contributed by atoms with Crippen molar-refractivity contribution in [2.24, 2.45) is 0 Å². The van der Waals surface area contributed by atoms with E-state index in [-0.39, 0.29) is 0 Å². The van der Waals surface area contributed by atoms with Crippen molar-refractivity contribution in [1.82, 2.24) is 0 Å². The third kappa shape index (κ3) is 17.6. The van der Waals surface area contributed by atoms with E-state index >= 15 is 0 Å². The summed E-state index contributed by atoms with van der Waals surface area (Å²) in [4.78, 5) is 1.42. The van der Waals surface area contributed by atoms with Crippen LogP contribution in [0.3, 0.4) is 0 Å². The van der Waals surface area contributed by atoms with E-state index < -0.39 is 7.81 Å². The van der Waals surface area contributed by atoms with Crippen LogP contribution in [-0.2, 0) is 10.9 Å². The molecule has 1 aromatic rings. The zero-order chi connectivity index (χ0) is 18.2. The summed E-state index contributed by atoms with van der Waals surface area (Å²) in [6.45, 7) is 4.50. The van der Waals surface area contributed by atoms with Gasteiger partial charge in [0.1, 0.15) is 17.3 Å². The molecule has 0 aromatic heterocycles. The Balaban J connectivity index is 0.000000585. The van der Waals surface area contributed by atoms with Gasteiger partial charge >= 0.3 is 33.0 Å². The second kappa shape index (κ2) is 7.97. The first-order chi connectivity index (χ1) is 10.2.